The molecule has 0 atom stereocenters. The van der Waals surface area contributed by atoms with Gasteiger partial charge in [-0.15, -0.1) is 0 Å². The van der Waals surface area contributed by atoms with Gasteiger partial charge in [0, 0.05) is 0 Å². The zero-order valence-corrected chi connectivity index (χ0v) is 22.6. The van der Waals surface area contributed by atoms with E-state index in [4.69, 9.17) is 0 Å². The maximum Gasteiger partial charge on any atom is 2.00 e. The van der Waals surface area contributed by atoms with Gasteiger partial charge in [0.15, 0.2) is 0 Å². The Morgan fingerprint density at radius 1 is 0.429 bits per heavy atom. The second-order valence-corrected chi connectivity index (χ2v) is 6.21. The molecule has 0 nitrogen and oxygen atoms in total. The Bertz CT molecular complexity index is 549. The van der Waals surface area contributed by atoms with E-state index >= 15 is 0 Å². The minimum atomic E-state index is 0. The molecule has 0 spiro atoms. The SMILES string of the molecule is C1=C(c2ccc(/C3=C/CC/C=C\CC3)cc2)CC/C=C\CC1.[CH3-].[CH3-].[CH3-].[CH3-].[Pt+2].[Pt+2]. The van der Waals surface area contributed by atoms with Crippen LogP contribution in [-0.2, 0) is 42.1 Å². The number of allylic oxidation sites excluding steroid dienone is 8. The van der Waals surface area contributed by atoms with Gasteiger partial charge < -0.3 is 29.7 Å². The molecule has 0 heterocycles. The molecule has 0 saturated carbocycles. The van der Waals surface area contributed by atoms with E-state index in [2.05, 4.69) is 60.7 Å². The molecular weight excluding hydrogens is 702 g/mol. The first kappa shape index (κ1) is 35.0. The van der Waals surface area contributed by atoms with Crippen molar-refractivity contribution < 1.29 is 42.1 Å². The van der Waals surface area contributed by atoms with E-state index in [1.54, 1.807) is 0 Å². The minimum absolute atomic E-state index is 0. The predicted octanol–water partition coefficient (Wildman–Crippen LogP) is 8.51. The van der Waals surface area contributed by atoms with Gasteiger partial charge in [0.2, 0.25) is 0 Å². The Morgan fingerprint density at radius 3 is 1.11 bits per heavy atom. The van der Waals surface area contributed by atoms with Gasteiger partial charge in [-0.25, -0.2) is 0 Å². The van der Waals surface area contributed by atoms with Gasteiger partial charge in [-0.1, -0.05) is 60.7 Å². The molecule has 0 amide bonds. The summed E-state index contributed by atoms with van der Waals surface area (Å²) in [6, 6.07) is 9.29. The minimum Gasteiger partial charge on any atom is -0.358 e. The van der Waals surface area contributed by atoms with E-state index < -0.39 is 0 Å². The van der Waals surface area contributed by atoms with Crippen LogP contribution in [0.3, 0.4) is 0 Å². The molecule has 162 valence electrons. The van der Waals surface area contributed by atoms with Crippen LogP contribution in [0.1, 0.15) is 62.5 Å². The van der Waals surface area contributed by atoms with Crippen LogP contribution in [0.25, 0.3) is 11.1 Å². The smallest absolute Gasteiger partial charge is 0.358 e. The molecule has 0 fully saturated rings. The zero-order chi connectivity index (χ0) is 15.0. The van der Waals surface area contributed by atoms with Crippen molar-refractivity contribution in [2.45, 2.75) is 51.4 Å². The van der Waals surface area contributed by atoms with Gasteiger partial charge in [-0.2, -0.15) is 0 Å². The summed E-state index contributed by atoms with van der Waals surface area (Å²) < 4.78 is 0. The number of hydrogen-bond acceptors (Lipinski definition) is 0. The molecule has 1 aromatic carbocycles. The molecular formula is C26H38Pt2. The Labute approximate surface area is 205 Å². The molecule has 0 aliphatic heterocycles. The Morgan fingerprint density at radius 2 is 0.750 bits per heavy atom. The van der Waals surface area contributed by atoms with Crippen molar-refractivity contribution in [1.29, 1.82) is 0 Å². The van der Waals surface area contributed by atoms with Gasteiger partial charge >= 0.3 is 42.1 Å². The van der Waals surface area contributed by atoms with Crippen molar-refractivity contribution in [3.63, 3.8) is 0 Å². The first-order chi connectivity index (χ1) is 10.9. The quantitative estimate of drug-likeness (QED) is 0.211. The molecule has 2 aliphatic rings. The van der Waals surface area contributed by atoms with Gasteiger partial charge in [-0.05, 0) is 73.6 Å². The van der Waals surface area contributed by atoms with Gasteiger partial charge in [0.05, 0.1) is 0 Å². The van der Waals surface area contributed by atoms with E-state index in [0.29, 0.717) is 0 Å². The maximum atomic E-state index is 2.43. The topological polar surface area (TPSA) is 0 Å². The molecule has 0 unspecified atom stereocenters. The summed E-state index contributed by atoms with van der Waals surface area (Å²) >= 11 is 0. The molecule has 28 heavy (non-hydrogen) atoms. The predicted molar refractivity (Wildman–Crippen MR) is 123 cm³/mol. The van der Waals surface area contributed by atoms with Crippen LogP contribution in [-0.4, -0.2) is 0 Å². The molecule has 2 aliphatic carbocycles. The van der Waals surface area contributed by atoms with Crippen molar-refractivity contribution in [2.75, 3.05) is 0 Å². The monoisotopic (exact) mass is 740 g/mol. The van der Waals surface area contributed by atoms with Gasteiger partial charge in [0.25, 0.3) is 0 Å². The summed E-state index contributed by atoms with van der Waals surface area (Å²) in [5.41, 5.74) is 5.85. The summed E-state index contributed by atoms with van der Waals surface area (Å²) in [5.74, 6) is 0. The normalized spacial score (nSPS) is 19.4. The average Bonchev–Trinajstić information content (AvgIpc) is 2.47. The molecule has 1 aromatic rings. The van der Waals surface area contributed by atoms with Crippen LogP contribution in [0.4, 0.5) is 0 Å². The first-order valence-corrected chi connectivity index (χ1v) is 8.72. The van der Waals surface area contributed by atoms with Crippen LogP contribution in [0.5, 0.6) is 0 Å². The van der Waals surface area contributed by atoms with Crippen LogP contribution >= 0.6 is 0 Å². The number of rotatable bonds is 2. The summed E-state index contributed by atoms with van der Waals surface area (Å²) in [7, 11) is 0. The molecule has 0 radical (unpaired) electrons. The maximum absolute atomic E-state index is 2.43. The van der Waals surface area contributed by atoms with Crippen molar-refractivity contribution in [3.05, 3.63) is 102 Å². The largest absolute Gasteiger partial charge is 2.00 e. The Balaban J connectivity index is -0.000000480. The van der Waals surface area contributed by atoms with Crippen LogP contribution in [0.15, 0.2) is 60.7 Å². The first-order valence-electron chi connectivity index (χ1n) is 8.72. The summed E-state index contributed by atoms with van der Waals surface area (Å²) in [6.45, 7) is 0. The number of benzene rings is 1. The fourth-order valence-electron chi connectivity index (χ4n) is 3.28. The van der Waals surface area contributed by atoms with Crippen molar-refractivity contribution in [1.82, 2.24) is 0 Å². The second kappa shape index (κ2) is 19.9. The van der Waals surface area contributed by atoms with Gasteiger partial charge in [-0.3, -0.25) is 0 Å². The van der Waals surface area contributed by atoms with E-state index in [9.17, 15) is 0 Å². The summed E-state index contributed by atoms with van der Waals surface area (Å²) in [5, 5.41) is 0. The van der Waals surface area contributed by atoms with Crippen LogP contribution in [0.2, 0.25) is 0 Å². The third-order valence-corrected chi connectivity index (χ3v) is 4.57. The Kier molecular flexibility index (Phi) is 24.8. The molecule has 0 aromatic heterocycles. The summed E-state index contributed by atoms with van der Waals surface area (Å²) in [4.78, 5) is 0. The molecule has 3 rings (SSSR count). The van der Waals surface area contributed by atoms with Crippen LogP contribution in [0, 0.1) is 29.7 Å². The number of hydrogen-bond donors (Lipinski definition) is 0. The van der Waals surface area contributed by atoms with Crippen LogP contribution < -0.4 is 0 Å². The van der Waals surface area contributed by atoms with E-state index in [-0.39, 0.29) is 71.8 Å². The Hall–Kier alpha value is -0.443. The zero-order valence-electron chi connectivity index (χ0n) is 18.1. The van der Waals surface area contributed by atoms with Crippen molar-refractivity contribution >= 4 is 11.1 Å². The molecule has 0 N–H and O–H groups in total. The average molecular weight is 741 g/mol. The molecule has 0 saturated heterocycles. The van der Waals surface area contributed by atoms with Crippen molar-refractivity contribution in [3.8, 4) is 0 Å². The standard InChI is InChI=1S/C22H26.4CH3.2Pt/c1-3-7-11-19(12-8-4-1)21-15-17-22(18-16-21)20-13-9-5-2-6-10-14-20;;;;;;/h1-3,5,12,14-18H,4,6-11,13H2;4*1H3;;/q;4*-1;2*+2/b3-1-,5-2-,19-12+,20-14?;;;;;;. The van der Waals surface area contributed by atoms with E-state index in [0.717, 1.165) is 0 Å². The molecule has 2 heteroatoms. The third-order valence-electron chi connectivity index (χ3n) is 4.57. The third kappa shape index (κ3) is 10.9. The second-order valence-electron chi connectivity index (χ2n) is 6.21. The molecule has 0 bridgehead atoms. The van der Waals surface area contributed by atoms with Gasteiger partial charge in [0.1, 0.15) is 0 Å². The van der Waals surface area contributed by atoms with E-state index in [1.807, 2.05) is 0 Å². The van der Waals surface area contributed by atoms with E-state index in [1.165, 1.54) is 73.6 Å². The fraction of sp³-hybridized carbons (Fsp3) is 0.308. The fourth-order valence-corrected chi connectivity index (χ4v) is 3.28. The summed E-state index contributed by atoms with van der Waals surface area (Å²) in [6.07, 6.45) is 23.5. The van der Waals surface area contributed by atoms with Crippen molar-refractivity contribution in [2.24, 2.45) is 0 Å².